The number of amides is 1. The molecule has 4 heteroatoms. The minimum atomic E-state index is -0.546. The number of hydrogen-bond donors (Lipinski definition) is 1. The second-order valence-electron chi connectivity index (χ2n) is 3.35. The van der Waals surface area contributed by atoms with E-state index in [1.54, 1.807) is 19.1 Å². The minimum absolute atomic E-state index is 0.163. The highest BCUT2D eigenvalue weighted by atomic mass is 19.1. The van der Waals surface area contributed by atoms with E-state index >= 15 is 0 Å². The maximum atomic E-state index is 12.7. The Labute approximate surface area is 88.7 Å². The SMILES string of the molecule is CCN(C(=O)C(C)N)c1ccc(F)cc1. The molecule has 0 aliphatic heterocycles. The van der Waals surface area contributed by atoms with Gasteiger partial charge in [-0.1, -0.05) is 0 Å². The van der Waals surface area contributed by atoms with Crippen molar-refractivity contribution in [2.75, 3.05) is 11.4 Å². The lowest BCUT2D eigenvalue weighted by molar-refractivity contribution is -0.119. The van der Waals surface area contributed by atoms with Crippen LogP contribution in [0.2, 0.25) is 0 Å². The Kier molecular flexibility index (Phi) is 3.80. The summed E-state index contributed by atoms with van der Waals surface area (Å²) in [5, 5.41) is 0. The van der Waals surface area contributed by atoms with Crippen molar-refractivity contribution in [3.05, 3.63) is 30.1 Å². The number of carbonyl (C=O) groups excluding carboxylic acids is 1. The summed E-state index contributed by atoms with van der Waals surface area (Å²) < 4.78 is 12.7. The van der Waals surface area contributed by atoms with Gasteiger partial charge in [0.15, 0.2) is 0 Å². The van der Waals surface area contributed by atoms with E-state index in [2.05, 4.69) is 0 Å². The van der Waals surface area contributed by atoms with E-state index in [0.29, 0.717) is 12.2 Å². The summed E-state index contributed by atoms with van der Waals surface area (Å²) >= 11 is 0. The average molecular weight is 210 g/mol. The fourth-order valence-electron chi connectivity index (χ4n) is 1.33. The summed E-state index contributed by atoms with van der Waals surface area (Å²) in [6.45, 7) is 4.00. The van der Waals surface area contributed by atoms with Crippen LogP contribution in [0.3, 0.4) is 0 Å². The molecule has 1 aromatic rings. The second-order valence-corrected chi connectivity index (χ2v) is 3.35. The third-order valence-corrected chi connectivity index (χ3v) is 2.11. The van der Waals surface area contributed by atoms with E-state index in [1.165, 1.54) is 17.0 Å². The summed E-state index contributed by atoms with van der Waals surface area (Å²) in [6.07, 6.45) is 0. The Morgan fingerprint density at radius 3 is 2.40 bits per heavy atom. The van der Waals surface area contributed by atoms with Crippen molar-refractivity contribution in [2.45, 2.75) is 19.9 Å². The fourth-order valence-corrected chi connectivity index (χ4v) is 1.33. The van der Waals surface area contributed by atoms with Crippen LogP contribution < -0.4 is 10.6 Å². The number of halogens is 1. The Morgan fingerprint density at radius 2 is 2.00 bits per heavy atom. The topological polar surface area (TPSA) is 46.3 Å². The average Bonchev–Trinajstić information content (AvgIpc) is 2.21. The Balaban J connectivity index is 2.92. The van der Waals surface area contributed by atoms with Gasteiger partial charge < -0.3 is 10.6 Å². The Bertz CT molecular complexity index is 335. The van der Waals surface area contributed by atoms with Crippen LogP contribution in [0.15, 0.2) is 24.3 Å². The molecule has 1 unspecified atom stereocenters. The molecule has 0 bridgehead atoms. The predicted octanol–water partition coefficient (Wildman–Crippen LogP) is 1.53. The number of carbonyl (C=O) groups is 1. The van der Waals surface area contributed by atoms with Crippen molar-refractivity contribution >= 4 is 11.6 Å². The van der Waals surface area contributed by atoms with Gasteiger partial charge in [-0.25, -0.2) is 4.39 Å². The van der Waals surface area contributed by atoms with Crippen LogP contribution in [-0.2, 0) is 4.79 Å². The Morgan fingerprint density at radius 1 is 1.47 bits per heavy atom. The van der Waals surface area contributed by atoms with Crippen molar-refractivity contribution in [2.24, 2.45) is 5.73 Å². The van der Waals surface area contributed by atoms with Crippen LogP contribution in [-0.4, -0.2) is 18.5 Å². The first-order chi connectivity index (χ1) is 7.06. The van der Waals surface area contributed by atoms with Crippen molar-refractivity contribution in [1.29, 1.82) is 0 Å². The van der Waals surface area contributed by atoms with Crippen LogP contribution in [0.4, 0.5) is 10.1 Å². The molecule has 0 aliphatic rings. The molecule has 0 heterocycles. The first-order valence-electron chi connectivity index (χ1n) is 4.88. The van der Waals surface area contributed by atoms with Gasteiger partial charge in [0.25, 0.3) is 0 Å². The molecule has 0 fully saturated rings. The molecule has 1 aromatic carbocycles. The molecule has 0 saturated heterocycles. The van der Waals surface area contributed by atoms with Crippen LogP contribution in [0.5, 0.6) is 0 Å². The second kappa shape index (κ2) is 4.89. The van der Waals surface area contributed by atoms with Crippen molar-refractivity contribution in [3.63, 3.8) is 0 Å². The highest BCUT2D eigenvalue weighted by Gasteiger charge is 2.17. The summed E-state index contributed by atoms with van der Waals surface area (Å²) in [7, 11) is 0. The van der Waals surface area contributed by atoms with Crippen molar-refractivity contribution < 1.29 is 9.18 Å². The first kappa shape index (κ1) is 11.7. The summed E-state index contributed by atoms with van der Waals surface area (Å²) in [5.41, 5.74) is 6.18. The van der Waals surface area contributed by atoms with Gasteiger partial charge >= 0.3 is 0 Å². The molecule has 15 heavy (non-hydrogen) atoms. The van der Waals surface area contributed by atoms with Crippen molar-refractivity contribution in [3.8, 4) is 0 Å². The van der Waals surface area contributed by atoms with Crippen LogP contribution in [0.1, 0.15) is 13.8 Å². The zero-order chi connectivity index (χ0) is 11.4. The number of likely N-dealkylation sites (N-methyl/N-ethyl adjacent to an activating group) is 1. The van der Waals surface area contributed by atoms with Gasteiger partial charge in [0.2, 0.25) is 5.91 Å². The molecule has 0 radical (unpaired) electrons. The molecule has 82 valence electrons. The number of anilines is 1. The van der Waals surface area contributed by atoms with Gasteiger partial charge in [-0.15, -0.1) is 0 Å². The van der Waals surface area contributed by atoms with Crippen LogP contribution >= 0.6 is 0 Å². The van der Waals surface area contributed by atoms with Gasteiger partial charge in [0, 0.05) is 12.2 Å². The maximum absolute atomic E-state index is 12.7. The standard InChI is InChI=1S/C11H15FN2O/c1-3-14(11(15)8(2)13)10-6-4-9(12)5-7-10/h4-8H,3,13H2,1-2H3. The number of nitrogens with zero attached hydrogens (tertiary/aromatic N) is 1. The van der Waals surface area contributed by atoms with E-state index in [0.717, 1.165) is 0 Å². The van der Waals surface area contributed by atoms with Gasteiger partial charge in [-0.3, -0.25) is 4.79 Å². The normalized spacial score (nSPS) is 12.3. The highest BCUT2D eigenvalue weighted by molar-refractivity contribution is 5.96. The molecule has 0 saturated carbocycles. The molecule has 1 rings (SSSR count). The zero-order valence-electron chi connectivity index (χ0n) is 8.90. The summed E-state index contributed by atoms with van der Waals surface area (Å²) in [6, 6.07) is 5.24. The smallest absolute Gasteiger partial charge is 0.243 e. The lowest BCUT2D eigenvalue weighted by atomic mass is 10.2. The van der Waals surface area contributed by atoms with Gasteiger partial charge in [0.1, 0.15) is 5.82 Å². The maximum Gasteiger partial charge on any atom is 0.243 e. The number of benzene rings is 1. The molecule has 0 spiro atoms. The van der Waals surface area contributed by atoms with E-state index in [9.17, 15) is 9.18 Å². The number of hydrogen-bond acceptors (Lipinski definition) is 2. The van der Waals surface area contributed by atoms with Gasteiger partial charge in [-0.05, 0) is 38.1 Å². The fraction of sp³-hybridized carbons (Fsp3) is 0.364. The van der Waals surface area contributed by atoms with Gasteiger partial charge in [-0.2, -0.15) is 0 Å². The van der Waals surface area contributed by atoms with E-state index < -0.39 is 6.04 Å². The lowest BCUT2D eigenvalue weighted by Gasteiger charge is -2.22. The van der Waals surface area contributed by atoms with E-state index in [1.807, 2.05) is 6.92 Å². The molecular formula is C11H15FN2O. The molecule has 2 N–H and O–H groups in total. The van der Waals surface area contributed by atoms with E-state index in [-0.39, 0.29) is 11.7 Å². The monoisotopic (exact) mass is 210 g/mol. The molecule has 0 aromatic heterocycles. The summed E-state index contributed by atoms with van der Waals surface area (Å²) in [4.78, 5) is 13.2. The third-order valence-electron chi connectivity index (χ3n) is 2.11. The van der Waals surface area contributed by atoms with Crippen molar-refractivity contribution in [1.82, 2.24) is 0 Å². The Hall–Kier alpha value is -1.42. The van der Waals surface area contributed by atoms with Crippen LogP contribution in [0, 0.1) is 5.82 Å². The number of nitrogens with two attached hydrogens (primary N) is 1. The van der Waals surface area contributed by atoms with E-state index in [4.69, 9.17) is 5.73 Å². The highest BCUT2D eigenvalue weighted by Crippen LogP contribution is 2.15. The molecule has 3 nitrogen and oxygen atoms in total. The number of rotatable bonds is 3. The quantitative estimate of drug-likeness (QED) is 0.822. The third kappa shape index (κ3) is 2.76. The lowest BCUT2D eigenvalue weighted by Crippen LogP contribution is -2.42. The first-order valence-corrected chi connectivity index (χ1v) is 4.88. The largest absolute Gasteiger partial charge is 0.320 e. The molecular weight excluding hydrogens is 195 g/mol. The van der Waals surface area contributed by atoms with Gasteiger partial charge in [0.05, 0.1) is 6.04 Å². The predicted molar refractivity (Wildman–Crippen MR) is 58.1 cm³/mol. The zero-order valence-corrected chi connectivity index (χ0v) is 8.90. The summed E-state index contributed by atoms with van der Waals surface area (Å²) in [5.74, 6) is -0.479. The molecule has 1 atom stereocenters. The van der Waals surface area contributed by atoms with Crippen LogP contribution in [0.25, 0.3) is 0 Å². The minimum Gasteiger partial charge on any atom is -0.320 e. The molecule has 1 amide bonds. The molecule has 0 aliphatic carbocycles.